The Morgan fingerprint density at radius 3 is 2.50 bits per heavy atom. The first kappa shape index (κ1) is 14.5. The molecule has 0 radical (unpaired) electrons. The van der Waals surface area contributed by atoms with Gasteiger partial charge in [-0.3, -0.25) is 0 Å². The molecule has 0 N–H and O–H groups in total. The smallest absolute Gasteiger partial charge is 0.221 e. The maximum Gasteiger partial charge on any atom is 0.221 e. The summed E-state index contributed by atoms with van der Waals surface area (Å²) in [4.78, 5) is 4.63. The molecule has 22 heavy (non-hydrogen) atoms. The molecule has 1 aliphatic rings. The van der Waals surface area contributed by atoms with Crippen molar-refractivity contribution in [3.05, 3.63) is 29.8 Å². The van der Waals surface area contributed by atoms with Gasteiger partial charge in [0.15, 0.2) is 11.5 Å². The highest BCUT2D eigenvalue weighted by Gasteiger charge is 2.30. The van der Waals surface area contributed by atoms with Crippen LogP contribution in [0.2, 0.25) is 0 Å². The molecule has 0 saturated carbocycles. The Balaban J connectivity index is 2.28. The van der Waals surface area contributed by atoms with E-state index in [-0.39, 0.29) is 6.10 Å². The molecule has 2 aromatic rings. The van der Waals surface area contributed by atoms with Gasteiger partial charge in [-0.25, -0.2) is 4.98 Å². The van der Waals surface area contributed by atoms with Crippen molar-refractivity contribution >= 4 is 10.9 Å². The Morgan fingerprint density at radius 1 is 1.18 bits per heavy atom. The molecule has 1 aromatic carbocycles. The van der Waals surface area contributed by atoms with Crippen molar-refractivity contribution in [2.24, 2.45) is 0 Å². The minimum absolute atomic E-state index is 0.0684. The highest BCUT2D eigenvalue weighted by atomic mass is 16.5. The molecule has 0 saturated heterocycles. The number of methoxy groups -OCH3 is 3. The third-order valence-corrected chi connectivity index (χ3v) is 3.91. The lowest BCUT2D eigenvalue weighted by Gasteiger charge is -2.14. The molecular formula is C17H19NO4. The van der Waals surface area contributed by atoms with E-state index < -0.39 is 0 Å². The molecule has 0 aliphatic carbocycles. The van der Waals surface area contributed by atoms with E-state index in [1.807, 2.05) is 19.1 Å². The molecule has 0 spiro atoms. The zero-order chi connectivity index (χ0) is 15.9. The lowest BCUT2D eigenvalue weighted by atomic mass is 10.0. The topological polar surface area (TPSA) is 49.8 Å². The standard InChI is InChI=1S/C17H19NO4/c1-9(2)13-8-11-15(20-4)10-6-7-12(19-3)16(21-5)14(10)18-17(11)22-13/h6-7,13H,1,8H2,2-5H3. The third kappa shape index (κ3) is 2.04. The Bertz CT molecular complexity index is 754. The van der Waals surface area contributed by atoms with E-state index in [1.165, 1.54) is 0 Å². The minimum Gasteiger partial charge on any atom is -0.496 e. The molecule has 3 rings (SSSR count). The number of pyridine rings is 1. The summed E-state index contributed by atoms with van der Waals surface area (Å²) in [6.07, 6.45) is 0.645. The van der Waals surface area contributed by atoms with Gasteiger partial charge in [-0.15, -0.1) is 0 Å². The van der Waals surface area contributed by atoms with Crippen molar-refractivity contribution in [2.75, 3.05) is 21.3 Å². The maximum atomic E-state index is 5.90. The van der Waals surface area contributed by atoms with E-state index in [0.717, 1.165) is 22.3 Å². The molecule has 5 heteroatoms. The Kier molecular flexibility index (Phi) is 3.56. The summed E-state index contributed by atoms with van der Waals surface area (Å²) >= 11 is 0. The van der Waals surface area contributed by atoms with Gasteiger partial charge in [0.1, 0.15) is 17.4 Å². The summed E-state index contributed by atoms with van der Waals surface area (Å²) in [5.41, 5.74) is 2.60. The zero-order valence-electron chi connectivity index (χ0n) is 13.2. The molecule has 5 nitrogen and oxygen atoms in total. The minimum atomic E-state index is -0.0684. The van der Waals surface area contributed by atoms with Crippen LogP contribution < -0.4 is 18.9 Å². The van der Waals surface area contributed by atoms with Crippen LogP contribution in [-0.2, 0) is 6.42 Å². The number of fused-ring (bicyclic) bond motifs is 2. The lowest BCUT2D eigenvalue weighted by molar-refractivity contribution is 0.262. The van der Waals surface area contributed by atoms with E-state index in [1.54, 1.807) is 21.3 Å². The largest absolute Gasteiger partial charge is 0.496 e. The van der Waals surface area contributed by atoms with Crippen LogP contribution in [0, 0.1) is 0 Å². The molecule has 0 amide bonds. The van der Waals surface area contributed by atoms with E-state index in [2.05, 4.69) is 11.6 Å². The Hall–Kier alpha value is -2.43. The second-order valence-corrected chi connectivity index (χ2v) is 5.28. The zero-order valence-corrected chi connectivity index (χ0v) is 13.2. The number of hydrogen-bond acceptors (Lipinski definition) is 5. The maximum absolute atomic E-state index is 5.90. The van der Waals surface area contributed by atoms with Crippen LogP contribution in [0.25, 0.3) is 10.9 Å². The number of hydrogen-bond donors (Lipinski definition) is 0. The van der Waals surface area contributed by atoms with Crippen molar-refractivity contribution < 1.29 is 18.9 Å². The molecule has 1 unspecified atom stereocenters. The second-order valence-electron chi connectivity index (χ2n) is 5.28. The number of rotatable bonds is 4. The number of ether oxygens (including phenoxy) is 4. The number of aromatic nitrogens is 1. The van der Waals surface area contributed by atoms with Crippen molar-refractivity contribution in [2.45, 2.75) is 19.4 Å². The van der Waals surface area contributed by atoms with E-state index in [9.17, 15) is 0 Å². The SMILES string of the molecule is C=C(C)C1Cc2c(nc3c(OC)c(OC)ccc3c2OC)O1. The van der Waals surface area contributed by atoms with Crippen molar-refractivity contribution in [1.82, 2.24) is 4.98 Å². The fraction of sp³-hybridized carbons (Fsp3) is 0.353. The van der Waals surface area contributed by atoms with Crippen molar-refractivity contribution in [3.8, 4) is 23.1 Å². The van der Waals surface area contributed by atoms with Gasteiger partial charge < -0.3 is 18.9 Å². The summed E-state index contributed by atoms with van der Waals surface area (Å²) in [5.74, 6) is 2.54. The van der Waals surface area contributed by atoms with Gasteiger partial charge in [-0.1, -0.05) is 6.58 Å². The quantitative estimate of drug-likeness (QED) is 0.812. The first-order chi connectivity index (χ1) is 10.6. The van der Waals surface area contributed by atoms with Gasteiger partial charge in [0.25, 0.3) is 0 Å². The molecule has 1 atom stereocenters. The van der Waals surface area contributed by atoms with Crippen LogP contribution in [0.4, 0.5) is 0 Å². The van der Waals surface area contributed by atoms with Gasteiger partial charge >= 0.3 is 0 Å². The predicted molar refractivity (Wildman–Crippen MR) is 84.3 cm³/mol. The Morgan fingerprint density at radius 2 is 1.91 bits per heavy atom. The molecule has 0 fully saturated rings. The summed E-state index contributed by atoms with van der Waals surface area (Å²) < 4.78 is 22.3. The number of benzene rings is 1. The highest BCUT2D eigenvalue weighted by Crippen LogP contribution is 2.45. The van der Waals surface area contributed by atoms with Crippen molar-refractivity contribution in [1.29, 1.82) is 0 Å². The normalized spacial score (nSPS) is 16.1. The lowest BCUT2D eigenvalue weighted by Crippen LogP contribution is -2.13. The predicted octanol–water partition coefficient (Wildman–Crippen LogP) is 3.14. The van der Waals surface area contributed by atoms with E-state index in [0.29, 0.717) is 29.3 Å². The molecule has 0 bridgehead atoms. The van der Waals surface area contributed by atoms with Gasteiger partial charge in [0, 0.05) is 11.8 Å². The van der Waals surface area contributed by atoms with Crippen LogP contribution >= 0.6 is 0 Å². The average Bonchev–Trinajstić information content (AvgIpc) is 2.95. The molecule has 116 valence electrons. The van der Waals surface area contributed by atoms with E-state index in [4.69, 9.17) is 18.9 Å². The summed E-state index contributed by atoms with van der Waals surface area (Å²) in [6, 6.07) is 3.78. The van der Waals surface area contributed by atoms with E-state index >= 15 is 0 Å². The molecule has 1 aromatic heterocycles. The third-order valence-electron chi connectivity index (χ3n) is 3.91. The first-order valence-corrected chi connectivity index (χ1v) is 7.04. The molecular weight excluding hydrogens is 282 g/mol. The summed E-state index contributed by atoms with van der Waals surface area (Å²) in [5, 5.41) is 0.880. The monoisotopic (exact) mass is 301 g/mol. The summed E-state index contributed by atoms with van der Waals surface area (Å²) in [7, 11) is 4.85. The van der Waals surface area contributed by atoms with Crippen LogP contribution in [0.15, 0.2) is 24.3 Å². The fourth-order valence-electron chi connectivity index (χ4n) is 2.78. The van der Waals surface area contributed by atoms with Gasteiger partial charge in [-0.05, 0) is 24.6 Å². The van der Waals surface area contributed by atoms with Gasteiger partial charge in [0.2, 0.25) is 5.88 Å². The highest BCUT2D eigenvalue weighted by molar-refractivity contribution is 5.94. The summed E-state index contributed by atoms with van der Waals surface area (Å²) in [6.45, 7) is 5.92. The van der Waals surface area contributed by atoms with Crippen molar-refractivity contribution in [3.63, 3.8) is 0 Å². The molecule has 1 aliphatic heterocycles. The average molecular weight is 301 g/mol. The van der Waals surface area contributed by atoms with Gasteiger partial charge in [-0.2, -0.15) is 0 Å². The van der Waals surface area contributed by atoms with Gasteiger partial charge in [0.05, 0.1) is 26.9 Å². The molecule has 2 heterocycles. The Labute approximate surface area is 129 Å². The second kappa shape index (κ2) is 5.40. The fourth-order valence-corrected chi connectivity index (χ4v) is 2.78. The van der Waals surface area contributed by atoms with Crippen LogP contribution in [0.1, 0.15) is 12.5 Å². The van der Waals surface area contributed by atoms with Crippen LogP contribution in [0.3, 0.4) is 0 Å². The van der Waals surface area contributed by atoms with Crippen LogP contribution in [-0.4, -0.2) is 32.4 Å². The number of nitrogens with zero attached hydrogens (tertiary/aromatic N) is 1. The first-order valence-electron chi connectivity index (χ1n) is 7.04. The van der Waals surface area contributed by atoms with Crippen LogP contribution in [0.5, 0.6) is 23.1 Å².